The van der Waals surface area contributed by atoms with Crippen molar-refractivity contribution in [3.63, 3.8) is 0 Å². The van der Waals surface area contributed by atoms with Crippen LogP contribution in [-0.4, -0.2) is 26.2 Å². The van der Waals surface area contributed by atoms with Crippen LogP contribution in [-0.2, 0) is 7.05 Å². The Bertz CT molecular complexity index is 525. The summed E-state index contributed by atoms with van der Waals surface area (Å²) in [5.74, 6) is 0.534. The Kier molecular flexibility index (Phi) is 5.43. The molecule has 0 atom stereocenters. The molecule has 6 heteroatoms. The molecule has 0 fully saturated rings. The van der Waals surface area contributed by atoms with E-state index in [-0.39, 0.29) is 28.5 Å². The fourth-order valence-corrected chi connectivity index (χ4v) is 2.18. The molecule has 0 bridgehead atoms. The van der Waals surface area contributed by atoms with Gasteiger partial charge < -0.3 is 9.67 Å². The van der Waals surface area contributed by atoms with Crippen LogP contribution >= 0.6 is 28.7 Å². The molecule has 0 saturated heterocycles. The molecule has 4 nitrogen and oxygen atoms in total. The number of carbonyl (C=O) groups excluding carboxylic acids is 1. The van der Waals surface area contributed by atoms with Gasteiger partial charge in [0.15, 0.2) is 10.9 Å². The summed E-state index contributed by atoms with van der Waals surface area (Å²) >= 11 is 1.40. The van der Waals surface area contributed by atoms with Gasteiger partial charge in [-0.2, -0.15) is 0 Å². The van der Waals surface area contributed by atoms with E-state index in [9.17, 15) is 4.79 Å². The van der Waals surface area contributed by atoms with Crippen LogP contribution in [0.5, 0.6) is 5.75 Å². The maximum Gasteiger partial charge on any atom is 0.173 e. The topological polar surface area (TPSA) is 55.1 Å². The summed E-state index contributed by atoms with van der Waals surface area (Å²) in [6, 6.07) is 6.27. The monoisotopic (exact) mass is 328 g/mol. The first-order valence-corrected chi connectivity index (χ1v) is 6.08. The van der Waals surface area contributed by atoms with Crippen molar-refractivity contribution in [3.8, 4) is 5.75 Å². The van der Waals surface area contributed by atoms with Crippen molar-refractivity contribution in [2.45, 2.75) is 5.16 Å². The van der Waals surface area contributed by atoms with Crippen LogP contribution < -0.4 is 0 Å². The Labute approximate surface area is 120 Å². The lowest BCUT2D eigenvalue weighted by atomic mass is 10.1. The number of halogens is 1. The van der Waals surface area contributed by atoms with Crippen molar-refractivity contribution >= 4 is 34.5 Å². The number of hydrogen-bond donors (Lipinski definition) is 1. The normalized spacial score (nSPS) is 9.83. The fourth-order valence-electron chi connectivity index (χ4n) is 1.35. The lowest BCUT2D eigenvalue weighted by Crippen LogP contribution is -2.03. The SMILES string of the molecule is Br.Cn1ccnc1SCC(=O)c1ccc(O)cc1. The zero-order valence-electron chi connectivity index (χ0n) is 9.74. The van der Waals surface area contributed by atoms with Crippen molar-refractivity contribution in [1.82, 2.24) is 9.55 Å². The lowest BCUT2D eigenvalue weighted by molar-refractivity contribution is 0.102. The third-order valence-electron chi connectivity index (χ3n) is 2.30. The summed E-state index contributed by atoms with van der Waals surface area (Å²) in [5, 5.41) is 9.94. The molecular weight excluding hydrogens is 316 g/mol. The maximum absolute atomic E-state index is 11.8. The van der Waals surface area contributed by atoms with E-state index in [1.54, 1.807) is 18.3 Å². The molecule has 0 amide bonds. The van der Waals surface area contributed by atoms with Crippen molar-refractivity contribution in [1.29, 1.82) is 0 Å². The highest BCUT2D eigenvalue weighted by Crippen LogP contribution is 2.17. The number of benzene rings is 1. The Morgan fingerprint density at radius 1 is 1.39 bits per heavy atom. The minimum absolute atomic E-state index is 0. The molecule has 0 aliphatic heterocycles. The van der Waals surface area contributed by atoms with Gasteiger partial charge in [0.1, 0.15) is 5.75 Å². The number of carbonyl (C=O) groups is 1. The number of imidazole rings is 1. The van der Waals surface area contributed by atoms with Gasteiger partial charge in [0, 0.05) is 25.0 Å². The largest absolute Gasteiger partial charge is 0.508 e. The third kappa shape index (κ3) is 3.61. The number of ketones is 1. The van der Waals surface area contributed by atoms with E-state index < -0.39 is 0 Å². The number of hydrogen-bond acceptors (Lipinski definition) is 4. The van der Waals surface area contributed by atoms with E-state index >= 15 is 0 Å². The second kappa shape index (κ2) is 6.61. The molecule has 2 aromatic rings. The molecule has 0 spiro atoms. The van der Waals surface area contributed by atoms with Gasteiger partial charge in [-0.1, -0.05) is 11.8 Å². The number of thioether (sulfide) groups is 1. The maximum atomic E-state index is 11.8. The minimum atomic E-state index is 0. The Morgan fingerprint density at radius 2 is 2.06 bits per heavy atom. The smallest absolute Gasteiger partial charge is 0.173 e. The highest BCUT2D eigenvalue weighted by Gasteiger charge is 2.08. The van der Waals surface area contributed by atoms with Crippen molar-refractivity contribution in [2.75, 3.05) is 5.75 Å². The molecule has 96 valence electrons. The zero-order chi connectivity index (χ0) is 12.3. The number of nitrogens with zero attached hydrogens (tertiary/aromatic N) is 2. The van der Waals surface area contributed by atoms with Gasteiger partial charge in [0.25, 0.3) is 0 Å². The Balaban J connectivity index is 0.00000162. The van der Waals surface area contributed by atoms with Gasteiger partial charge in [-0.15, -0.1) is 17.0 Å². The first-order chi connectivity index (χ1) is 8.16. The standard InChI is InChI=1S/C12H12N2O2S.BrH/c1-14-7-6-13-12(14)17-8-11(16)9-2-4-10(15)5-3-9;/h2-7,15H,8H2,1H3;1H. The van der Waals surface area contributed by atoms with Crippen LogP contribution in [0, 0.1) is 0 Å². The van der Waals surface area contributed by atoms with Crippen molar-refractivity contribution < 1.29 is 9.90 Å². The number of Topliss-reactive ketones (excluding diaryl/α,β-unsaturated/α-hetero) is 1. The van der Waals surface area contributed by atoms with Crippen LogP contribution in [0.4, 0.5) is 0 Å². The summed E-state index contributed by atoms with van der Waals surface area (Å²) in [6.07, 6.45) is 3.54. The van der Waals surface area contributed by atoms with E-state index in [1.165, 1.54) is 23.9 Å². The Hall–Kier alpha value is -1.27. The molecule has 1 N–H and O–H groups in total. The predicted octanol–water partition coefficient (Wildman–Crippen LogP) is 2.68. The number of phenols is 1. The van der Waals surface area contributed by atoms with Crippen molar-refractivity contribution in [3.05, 3.63) is 42.2 Å². The average molecular weight is 329 g/mol. The molecule has 1 heterocycles. The number of aromatic nitrogens is 2. The molecule has 18 heavy (non-hydrogen) atoms. The molecule has 0 aliphatic carbocycles. The van der Waals surface area contributed by atoms with Crippen molar-refractivity contribution in [2.24, 2.45) is 7.05 Å². The molecule has 0 saturated carbocycles. The van der Waals surface area contributed by atoms with E-state index in [0.29, 0.717) is 11.3 Å². The summed E-state index contributed by atoms with van der Waals surface area (Å²) in [7, 11) is 1.89. The minimum Gasteiger partial charge on any atom is -0.508 e. The first kappa shape index (κ1) is 14.8. The van der Waals surface area contributed by atoms with Crippen LogP contribution in [0.25, 0.3) is 0 Å². The van der Waals surface area contributed by atoms with Crippen LogP contribution in [0.15, 0.2) is 41.8 Å². The molecule has 1 aromatic heterocycles. The van der Waals surface area contributed by atoms with E-state index in [2.05, 4.69) is 4.98 Å². The first-order valence-electron chi connectivity index (χ1n) is 5.09. The van der Waals surface area contributed by atoms with Crippen LogP contribution in [0.1, 0.15) is 10.4 Å². The van der Waals surface area contributed by atoms with Gasteiger partial charge in [-0.25, -0.2) is 4.98 Å². The predicted molar refractivity (Wildman–Crippen MR) is 76.7 cm³/mol. The van der Waals surface area contributed by atoms with Gasteiger partial charge in [0.2, 0.25) is 0 Å². The van der Waals surface area contributed by atoms with Gasteiger partial charge in [0.05, 0.1) is 5.75 Å². The van der Waals surface area contributed by atoms with E-state index in [1.807, 2.05) is 17.8 Å². The van der Waals surface area contributed by atoms with Gasteiger partial charge in [-0.05, 0) is 24.3 Å². The molecule has 2 rings (SSSR count). The number of aryl methyl sites for hydroxylation is 1. The van der Waals surface area contributed by atoms with E-state index in [0.717, 1.165) is 5.16 Å². The quantitative estimate of drug-likeness (QED) is 0.692. The highest BCUT2D eigenvalue weighted by molar-refractivity contribution is 8.93. The third-order valence-corrected chi connectivity index (χ3v) is 3.36. The average Bonchev–Trinajstić information content (AvgIpc) is 2.73. The molecule has 0 aliphatic rings. The number of phenolic OH excluding ortho intramolecular Hbond substituents is 1. The van der Waals surface area contributed by atoms with Crippen LogP contribution in [0.3, 0.4) is 0 Å². The Morgan fingerprint density at radius 3 is 2.61 bits per heavy atom. The summed E-state index contributed by atoms with van der Waals surface area (Å²) in [6.45, 7) is 0. The second-order valence-corrected chi connectivity index (χ2v) is 4.52. The van der Waals surface area contributed by atoms with Gasteiger partial charge in [-0.3, -0.25) is 4.79 Å². The number of rotatable bonds is 4. The fraction of sp³-hybridized carbons (Fsp3) is 0.167. The second-order valence-electron chi connectivity index (χ2n) is 3.58. The molecular formula is C12H13BrN2O2S. The zero-order valence-corrected chi connectivity index (χ0v) is 12.3. The van der Waals surface area contributed by atoms with E-state index in [4.69, 9.17) is 5.11 Å². The van der Waals surface area contributed by atoms with Gasteiger partial charge >= 0.3 is 0 Å². The lowest BCUT2D eigenvalue weighted by Gasteiger charge is -2.02. The van der Waals surface area contributed by atoms with Crippen LogP contribution in [0.2, 0.25) is 0 Å². The summed E-state index contributed by atoms with van der Waals surface area (Å²) in [4.78, 5) is 16.0. The highest BCUT2D eigenvalue weighted by atomic mass is 79.9. The summed E-state index contributed by atoms with van der Waals surface area (Å²) in [5.41, 5.74) is 0.601. The number of aromatic hydroxyl groups is 1. The molecule has 0 unspecified atom stereocenters. The summed E-state index contributed by atoms with van der Waals surface area (Å²) < 4.78 is 1.87. The molecule has 1 aromatic carbocycles. The molecule has 0 radical (unpaired) electrons.